The number of nitrogens with one attached hydrogen (secondary N) is 1. The Morgan fingerprint density at radius 2 is 2.20 bits per heavy atom. The minimum Gasteiger partial charge on any atom is -0.352 e. The Balaban J connectivity index is 2.33. The molecule has 0 spiro atoms. The molecule has 3 nitrogen and oxygen atoms in total. The molecule has 0 aliphatic heterocycles. The molecule has 0 saturated heterocycles. The van der Waals surface area contributed by atoms with Gasteiger partial charge >= 0.3 is 0 Å². The highest BCUT2D eigenvalue weighted by Crippen LogP contribution is 2.38. The normalized spacial score (nSPS) is 21.9. The van der Waals surface area contributed by atoms with Crippen LogP contribution in [-0.4, -0.2) is 17.5 Å². The van der Waals surface area contributed by atoms with Gasteiger partial charge in [-0.1, -0.05) is 19.8 Å². The molecule has 0 radical (unpaired) electrons. The first-order chi connectivity index (χ1) is 6.98. The molecule has 2 atom stereocenters. The van der Waals surface area contributed by atoms with Crippen molar-refractivity contribution in [1.29, 1.82) is 0 Å². The van der Waals surface area contributed by atoms with Gasteiger partial charge in [-0.2, -0.15) is 0 Å². The molecule has 15 heavy (non-hydrogen) atoms. The molecule has 1 aliphatic carbocycles. The molecule has 1 saturated carbocycles. The zero-order chi connectivity index (χ0) is 11.5. The van der Waals surface area contributed by atoms with E-state index in [1.54, 1.807) is 0 Å². The van der Waals surface area contributed by atoms with E-state index in [4.69, 9.17) is 5.73 Å². The predicted molar refractivity (Wildman–Crippen MR) is 62.4 cm³/mol. The van der Waals surface area contributed by atoms with Crippen LogP contribution in [0.1, 0.15) is 52.9 Å². The molecule has 0 heterocycles. The molecule has 3 N–H and O–H groups in total. The highest BCUT2D eigenvalue weighted by Gasteiger charge is 2.44. The lowest BCUT2D eigenvalue weighted by atomic mass is 9.95. The molecule has 88 valence electrons. The van der Waals surface area contributed by atoms with E-state index in [1.165, 1.54) is 6.42 Å². The second-order valence-corrected chi connectivity index (χ2v) is 5.07. The zero-order valence-corrected chi connectivity index (χ0v) is 10.2. The summed E-state index contributed by atoms with van der Waals surface area (Å²) >= 11 is 0. The van der Waals surface area contributed by atoms with E-state index in [0.717, 1.165) is 25.7 Å². The van der Waals surface area contributed by atoms with Gasteiger partial charge in [-0.3, -0.25) is 4.79 Å². The van der Waals surface area contributed by atoms with Crippen LogP contribution in [0.25, 0.3) is 0 Å². The summed E-state index contributed by atoms with van der Waals surface area (Å²) in [4.78, 5) is 11.9. The Bertz CT molecular complexity index is 222. The molecule has 0 aromatic rings. The van der Waals surface area contributed by atoms with Crippen LogP contribution in [0.4, 0.5) is 0 Å². The van der Waals surface area contributed by atoms with Crippen LogP contribution in [0, 0.1) is 5.92 Å². The Morgan fingerprint density at radius 1 is 1.60 bits per heavy atom. The van der Waals surface area contributed by atoms with Gasteiger partial charge in [0, 0.05) is 6.04 Å². The summed E-state index contributed by atoms with van der Waals surface area (Å²) in [6, 6.07) is 0.249. The topological polar surface area (TPSA) is 55.1 Å². The zero-order valence-electron chi connectivity index (χ0n) is 10.2. The molecule has 0 aromatic carbocycles. The van der Waals surface area contributed by atoms with Crippen LogP contribution in [0.5, 0.6) is 0 Å². The van der Waals surface area contributed by atoms with Gasteiger partial charge in [0.25, 0.3) is 0 Å². The number of carbonyl (C=O) groups is 1. The van der Waals surface area contributed by atoms with Crippen LogP contribution in [0.2, 0.25) is 0 Å². The van der Waals surface area contributed by atoms with Gasteiger partial charge in [0.1, 0.15) is 0 Å². The van der Waals surface area contributed by atoms with Crippen LogP contribution in [-0.2, 0) is 4.79 Å². The SMILES string of the molecule is CCCCC(C)NC(=O)C(C)(N)C1CC1. The molecule has 0 bridgehead atoms. The highest BCUT2D eigenvalue weighted by molar-refractivity contribution is 5.86. The fourth-order valence-electron chi connectivity index (χ4n) is 1.83. The van der Waals surface area contributed by atoms with E-state index < -0.39 is 5.54 Å². The van der Waals surface area contributed by atoms with Crippen LogP contribution >= 0.6 is 0 Å². The molecule has 1 amide bonds. The Labute approximate surface area is 92.8 Å². The first-order valence-electron chi connectivity index (χ1n) is 6.08. The fourth-order valence-corrected chi connectivity index (χ4v) is 1.83. The average Bonchev–Trinajstić information content (AvgIpc) is 2.97. The lowest BCUT2D eigenvalue weighted by Gasteiger charge is -2.25. The van der Waals surface area contributed by atoms with E-state index in [-0.39, 0.29) is 11.9 Å². The summed E-state index contributed by atoms with van der Waals surface area (Å²) < 4.78 is 0. The van der Waals surface area contributed by atoms with E-state index in [1.807, 2.05) is 6.92 Å². The number of carbonyl (C=O) groups excluding carboxylic acids is 1. The average molecular weight is 212 g/mol. The molecular formula is C12H24N2O. The van der Waals surface area contributed by atoms with Crippen LogP contribution in [0.3, 0.4) is 0 Å². The predicted octanol–water partition coefficient (Wildman–Crippen LogP) is 1.81. The largest absolute Gasteiger partial charge is 0.352 e. The maximum absolute atomic E-state index is 11.9. The third-order valence-corrected chi connectivity index (χ3v) is 3.28. The summed E-state index contributed by atoms with van der Waals surface area (Å²) in [5.41, 5.74) is 5.38. The van der Waals surface area contributed by atoms with Gasteiger partial charge in [-0.05, 0) is 39.0 Å². The van der Waals surface area contributed by atoms with Crippen molar-refractivity contribution in [3.05, 3.63) is 0 Å². The van der Waals surface area contributed by atoms with Crippen molar-refractivity contribution < 1.29 is 4.79 Å². The summed E-state index contributed by atoms with van der Waals surface area (Å²) in [6.45, 7) is 6.06. The van der Waals surface area contributed by atoms with Gasteiger partial charge in [0.15, 0.2) is 0 Å². The first kappa shape index (κ1) is 12.5. The maximum Gasteiger partial charge on any atom is 0.240 e. The van der Waals surface area contributed by atoms with Crippen molar-refractivity contribution in [2.45, 2.75) is 64.5 Å². The number of hydrogen-bond acceptors (Lipinski definition) is 2. The van der Waals surface area contributed by atoms with Crippen LogP contribution in [0.15, 0.2) is 0 Å². The number of unbranched alkanes of at least 4 members (excludes halogenated alkanes) is 1. The first-order valence-corrected chi connectivity index (χ1v) is 6.08. The molecule has 1 aliphatic rings. The molecule has 2 unspecified atom stereocenters. The Hall–Kier alpha value is -0.570. The second kappa shape index (κ2) is 4.97. The van der Waals surface area contributed by atoms with E-state index in [0.29, 0.717) is 5.92 Å². The van der Waals surface area contributed by atoms with E-state index >= 15 is 0 Å². The van der Waals surface area contributed by atoms with E-state index in [9.17, 15) is 4.79 Å². The quantitative estimate of drug-likeness (QED) is 0.705. The van der Waals surface area contributed by atoms with E-state index in [2.05, 4.69) is 19.2 Å². The fraction of sp³-hybridized carbons (Fsp3) is 0.917. The van der Waals surface area contributed by atoms with Crippen molar-refractivity contribution >= 4 is 5.91 Å². The standard InChI is InChI=1S/C12H24N2O/c1-4-5-6-9(2)14-11(15)12(3,13)10-7-8-10/h9-10H,4-8,13H2,1-3H3,(H,14,15). The van der Waals surface area contributed by atoms with Crippen molar-refractivity contribution in [1.82, 2.24) is 5.32 Å². The van der Waals surface area contributed by atoms with Gasteiger partial charge in [0.05, 0.1) is 5.54 Å². The maximum atomic E-state index is 11.9. The van der Waals surface area contributed by atoms with Gasteiger partial charge in [-0.15, -0.1) is 0 Å². The minimum absolute atomic E-state index is 0.0219. The summed E-state index contributed by atoms with van der Waals surface area (Å²) in [5.74, 6) is 0.421. The summed E-state index contributed by atoms with van der Waals surface area (Å²) in [7, 11) is 0. The summed E-state index contributed by atoms with van der Waals surface area (Å²) in [6.07, 6.45) is 5.57. The van der Waals surface area contributed by atoms with Crippen LogP contribution < -0.4 is 11.1 Å². The monoisotopic (exact) mass is 212 g/mol. The third-order valence-electron chi connectivity index (χ3n) is 3.28. The Kier molecular flexibility index (Phi) is 4.14. The van der Waals surface area contributed by atoms with Crippen molar-refractivity contribution in [2.75, 3.05) is 0 Å². The number of rotatable bonds is 6. The summed E-state index contributed by atoms with van der Waals surface area (Å²) in [5, 5.41) is 3.01. The van der Waals surface area contributed by atoms with Crippen molar-refractivity contribution in [2.24, 2.45) is 11.7 Å². The second-order valence-electron chi connectivity index (χ2n) is 5.07. The van der Waals surface area contributed by atoms with Crippen molar-refractivity contribution in [3.8, 4) is 0 Å². The molecule has 0 aromatic heterocycles. The molecule has 1 fully saturated rings. The lowest BCUT2D eigenvalue weighted by molar-refractivity contribution is -0.127. The lowest BCUT2D eigenvalue weighted by Crippen LogP contribution is -2.55. The molecule has 3 heteroatoms. The van der Waals surface area contributed by atoms with Gasteiger partial charge < -0.3 is 11.1 Å². The number of nitrogens with two attached hydrogens (primary N) is 1. The highest BCUT2D eigenvalue weighted by atomic mass is 16.2. The number of hydrogen-bond donors (Lipinski definition) is 2. The van der Waals surface area contributed by atoms with Crippen molar-refractivity contribution in [3.63, 3.8) is 0 Å². The molecular weight excluding hydrogens is 188 g/mol. The van der Waals surface area contributed by atoms with Gasteiger partial charge in [-0.25, -0.2) is 0 Å². The molecule has 1 rings (SSSR count). The van der Waals surface area contributed by atoms with Gasteiger partial charge in [0.2, 0.25) is 5.91 Å². The smallest absolute Gasteiger partial charge is 0.240 e. The minimum atomic E-state index is -0.652. The third kappa shape index (κ3) is 3.49. The Morgan fingerprint density at radius 3 is 2.67 bits per heavy atom. The number of amides is 1.